The summed E-state index contributed by atoms with van der Waals surface area (Å²) in [5.74, 6) is -1.44. The Bertz CT molecular complexity index is 494. The molecule has 0 radical (unpaired) electrons. The summed E-state index contributed by atoms with van der Waals surface area (Å²) in [6.07, 6.45) is 17.7. The molecule has 0 aromatic heterocycles. The summed E-state index contributed by atoms with van der Waals surface area (Å²) >= 11 is 0. The van der Waals surface area contributed by atoms with Crippen LogP contribution in [0.2, 0.25) is 0 Å². The van der Waals surface area contributed by atoms with Gasteiger partial charge in [0.1, 0.15) is 5.75 Å². The Morgan fingerprint density at radius 3 is 1.81 bits per heavy atom. The molecule has 3 nitrogen and oxygen atoms in total. The molecule has 0 saturated heterocycles. The third-order valence-electron chi connectivity index (χ3n) is 4.89. The first-order chi connectivity index (χ1) is 12.2. The van der Waals surface area contributed by atoms with Gasteiger partial charge in [-0.05, 0) is 24.5 Å². The summed E-state index contributed by atoms with van der Waals surface area (Å²) < 4.78 is 0. The zero-order valence-electron chi connectivity index (χ0n) is 17.6. The molecule has 0 saturated carbocycles. The van der Waals surface area contributed by atoms with Crippen molar-refractivity contribution in [3.05, 3.63) is 29.3 Å². The molecule has 144 valence electrons. The summed E-state index contributed by atoms with van der Waals surface area (Å²) in [6, 6.07) is 4.85. The van der Waals surface area contributed by atoms with Gasteiger partial charge in [0.25, 0.3) is 0 Å². The molecular formula is C22H36CaO3. The van der Waals surface area contributed by atoms with Crippen LogP contribution < -0.4 is 5.11 Å². The predicted octanol–water partition coefficient (Wildman–Crippen LogP) is 5.12. The van der Waals surface area contributed by atoms with Crippen LogP contribution >= 0.6 is 0 Å². The Morgan fingerprint density at radius 2 is 1.35 bits per heavy atom. The van der Waals surface area contributed by atoms with Crippen molar-refractivity contribution in [3.8, 4) is 5.75 Å². The fourth-order valence-corrected chi connectivity index (χ4v) is 3.29. The Kier molecular flexibility index (Phi) is 16.7. The van der Waals surface area contributed by atoms with Gasteiger partial charge in [0.15, 0.2) is 0 Å². The first-order valence-electron chi connectivity index (χ1n) is 10.2. The molecule has 0 unspecified atom stereocenters. The van der Waals surface area contributed by atoms with Crippen molar-refractivity contribution in [2.45, 2.75) is 96.8 Å². The molecule has 0 bridgehead atoms. The number of aromatic hydroxyl groups is 1. The Labute approximate surface area is 191 Å². The van der Waals surface area contributed by atoms with E-state index >= 15 is 0 Å². The minimum atomic E-state index is -1.32. The Hall–Kier alpha value is -0.250. The van der Waals surface area contributed by atoms with E-state index in [4.69, 9.17) is 0 Å². The minimum Gasteiger partial charge on any atom is -1.00 e. The summed E-state index contributed by atoms with van der Waals surface area (Å²) in [5, 5.41) is 20.8. The number of carbonyl (C=O) groups is 1. The van der Waals surface area contributed by atoms with Crippen LogP contribution in [0.15, 0.2) is 18.2 Å². The van der Waals surface area contributed by atoms with E-state index in [-0.39, 0.29) is 50.5 Å². The topological polar surface area (TPSA) is 60.4 Å². The van der Waals surface area contributed by atoms with E-state index in [0.717, 1.165) is 19.3 Å². The molecular weight excluding hydrogens is 352 g/mol. The number of hydrogen-bond donors (Lipinski definition) is 1. The maximum atomic E-state index is 10.9. The summed E-state index contributed by atoms with van der Waals surface area (Å²) in [7, 11) is 0. The van der Waals surface area contributed by atoms with E-state index in [1.54, 1.807) is 12.1 Å². The van der Waals surface area contributed by atoms with Crippen molar-refractivity contribution in [1.82, 2.24) is 0 Å². The van der Waals surface area contributed by atoms with Crippen molar-refractivity contribution in [3.63, 3.8) is 0 Å². The zero-order valence-corrected chi connectivity index (χ0v) is 18.8. The molecule has 26 heavy (non-hydrogen) atoms. The van der Waals surface area contributed by atoms with Crippen LogP contribution in [-0.2, 0) is 6.42 Å². The largest absolute Gasteiger partial charge is 2.00 e. The smallest absolute Gasteiger partial charge is 1.00 e. The number of para-hydroxylation sites is 1. The third kappa shape index (κ3) is 11.5. The van der Waals surface area contributed by atoms with E-state index in [1.807, 2.05) is 0 Å². The quantitative estimate of drug-likeness (QED) is 0.335. The standard InChI is InChI=1S/C22H36O3.Ca.H/c1-2-3-4-5-6-7-8-9-10-11-12-13-14-16-19-17-15-18-20(21(19)23)22(24)25;;/h15,17-18,23H,2-14,16H2,1H3,(H,24,25);;/q;+2;-1/p-1. The van der Waals surface area contributed by atoms with Gasteiger partial charge in [0.05, 0.1) is 5.97 Å². The Morgan fingerprint density at radius 1 is 0.885 bits per heavy atom. The van der Waals surface area contributed by atoms with Gasteiger partial charge in [-0.3, -0.25) is 0 Å². The van der Waals surface area contributed by atoms with Gasteiger partial charge >= 0.3 is 37.7 Å². The zero-order chi connectivity index (χ0) is 18.3. The van der Waals surface area contributed by atoms with Gasteiger partial charge in [0, 0.05) is 5.56 Å². The van der Waals surface area contributed by atoms with E-state index in [9.17, 15) is 15.0 Å². The second-order valence-corrected chi connectivity index (χ2v) is 7.09. The first-order valence-corrected chi connectivity index (χ1v) is 10.2. The normalized spacial score (nSPS) is 10.5. The maximum Gasteiger partial charge on any atom is 2.00 e. The molecule has 1 aromatic carbocycles. The maximum absolute atomic E-state index is 10.9. The number of aromatic carboxylic acids is 1. The molecule has 0 aliphatic carbocycles. The van der Waals surface area contributed by atoms with Gasteiger partial charge < -0.3 is 16.4 Å². The number of unbranched alkanes of at least 4 members (excludes halogenated alkanes) is 12. The van der Waals surface area contributed by atoms with Crippen LogP contribution in [0.25, 0.3) is 0 Å². The first kappa shape index (κ1) is 25.7. The van der Waals surface area contributed by atoms with Crippen molar-refractivity contribution in [2.24, 2.45) is 0 Å². The van der Waals surface area contributed by atoms with Crippen molar-refractivity contribution < 1.29 is 16.4 Å². The number of carbonyl (C=O) groups excluding carboxylic acids is 1. The average Bonchev–Trinajstić information content (AvgIpc) is 2.60. The number of rotatable bonds is 15. The predicted molar refractivity (Wildman–Crippen MR) is 109 cm³/mol. The molecule has 1 aromatic rings. The van der Waals surface area contributed by atoms with Gasteiger partial charge in [-0.15, -0.1) is 0 Å². The van der Waals surface area contributed by atoms with E-state index in [2.05, 4.69) is 6.92 Å². The molecule has 1 N–H and O–H groups in total. The number of hydrogen-bond acceptors (Lipinski definition) is 3. The van der Waals surface area contributed by atoms with E-state index in [0.29, 0.717) is 5.56 Å². The molecule has 0 spiro atoms. The van der Waals surface area contributed by atoms with Crippen LogP contribution in [0, 0.1) is 0 Å². The summed E-state index contributed by atoms with van der Waals surface area (Å²) in [4.78, 5) is 10.9. The fourth-order valence-electron chi connectivity index (χ4n) is 3.29. The van der Waals surface area contributed by atoms with Crippen molar-refractivity contribution >= 4 is 43.7 Å². The molecule has 0 amide bonds. The molecule has 0 fully saturated rings. The number of phenols is 1. The van der Waals surface area contributed by atoms with Crippen LogP contribution in [0.4, 0.5) is 0 Å². The number of benzene rings is 1. The summed E-state index contributed by atoms with van der Waals surface area (Å²) in [6.45, 7) is 2.26. The second kappa shape index (κ2) is 16.9. The minimum absolute atomic E-state index is 0. The van der Waals surface area contributed by atoms with Gasteiger partial charge in [-0.25, -0.2) is 0 Å². The molecule has 0 aliphatic heterocycles. The number of aryl methyl sites for hydroxylation is 1. The van der Waals surface area contributed by atoms with Crippen LogP contribution in [-0.4, -0.2) is 48.8 Å². The van der Waals surface area contributed by atoms with E-state index in [1.165, 1.54) is 76.7 Å². The molecule has 4 heteroatoms. The number of carboxylic acid groups (broad SMARTS) is 1. The number of carboxylic acids is 1. The molecule has 1 rings (SSSR count). The average molecular weight is 389 g/mol. The third-order valence-corrected chi connectivity index (χ3v) is 4.89. The van der Waals surface area contributed by atoms with Crippen LogP contribution in [0.3, 0.4) is 0 Å². The van der Waals surface area contributed by atoms with Gasteiger partial charge in [-0.1, -0.05) is 96.1 Å². The molecule has 0 atom stereocenters. The van der Waals surface area contributed by atoms with E-state index < -0.39 is 5.97 Å². The summed E-state index contributed by atoms with van der Waals surface area (Å²) in [5.41, 5.74) is 0.608. The van der Waals surface area contributed by atoms with Crippen molar-refractivity contribution in [1.29, 1.82) is 0 Å². The molecule has 0 aliphatic rings. The van der Waals surface area contributed by atoms with Crippen LogP contribution in [0.5, 0.6) is 5.75 Å². The van der Waals surface area contributed by atoms with Crippen molar-refractivity contribution in [2.75, 3.05) is 0 Å². The fraction of sp³-hybridized carbons (Fsp3) is 0.682. The Balaban J connectivity index is 0. The van der Waals surface area contributed by atoms with Gasteiger partial charge in [0.2, 0.25) is 0 Å². The monoisotopic (exact) mass is 388 g/mol. The van der Waals surface area contributed by atoms with Gasteiger partial charge in [-0.2, -0.15) is 0 Å². The molecule has 0 heterocycles. The van der Waals surface area contributed by atoms with Crippen LogP contribution in [0.1, 0.15) is 108 Å². The second-order valence-electron chi connectivity index (χ2n) is 7.09. The SMILES string of the molecule is CCCCCCCCCCCCCCCc1cccc(C(=O)[O-])c1O.[Ca+2].[H-].